The van der Waals surface area contributed by atoms with Crippen LogP contribution in [0.4, 0.5) is 0 Å². The zero-order valence-electron chi connectivity index (χ0n) is 36.8. The van der Waals surface area contributed by atoms with Crippen LogP contribution in [0.15, 0.2) is 0 Å². The van der Waals surface area contributed by atoms with E-state index in [1.807, 2.05) is 0 Å². The molecule has 0 amide bonds. The summed E-state index contributed by atoms with van der Waals surface area (Å²) in [5, 5.41) is 0. The second kappa shape index (κ2) is 41.1. The van der Waals surface area contributed by atoms with E-state index >= 15 is 0 Å². The third-order valence-corrected chi connectivity index (χ3v) is 10.7. The van der Waals surface area contributed by atoms with Gasteiger partial charge in [-0.15, -0.1) is 0 Å². The summed E-state index contributed by atoms with van der Waals surface area (Å²) in [6.45, 7) is 11.3. The predicted octanol–water partition coefficient (Wildman–Crippen LogP) is 15.0. The van der Waals surface area contributed by atoms with E-state index in [0.717, 1.165) is 69.6 Å². The van der Waals surface area contributed by atoms with Crippen LogP contribution in [0.25, 0.3) is 0 Å². The molecule has 0 spiro atoms. The number of unbranched alkanes of at least 4 members (excludes halogenated alkanes) is 27. The molecule has 0 aromatic heterocycles. The molecule has 0 fully saturated rings. The Morgan fingerprint density at radius 2 is 0.611 bits per heavy atom. The second-order valence-electron chi connectivity index (χ2n) is 17.3. The minimum Gasteiger partial charge on any atom is -0.462 e. The molecule has 0 aliphatic rings. The number of carbonyl (C=O) groups excluding carboxylic acids is 3. The fraction of sp³-hybridized carbons (Fsp3) is 0.938. The molecule has 320 valence electrons. The summed E-state index contributed by atoms with van der Waals surface area (Å²) >= 11 is 0. The fourth-order valence-corrected chi connectivity index (χ4v) is 7.11. The Morgan fingerprint density at radius 3 is 0.907 bits per heavy atom. The third kappa shape index (κ3) is 41.6. The van der Waals surface area contributed by atoms with Gasteiger partial charge in [0.2, 0.25) is 0 Å². The molecule has 0 unspecified atom stereocenters. The molecule has 0 bridgehead atoms. The summed E-state index contributed by atoms with van der Waals surface area (Å²) in [5.74, 6) is 0.786. The Morgan fingerprint density at radius 1 is 0.352 bits per heavy atom. The SMILES string of the molecule is CCCCCCCCCCCC(=O)OC[C@H](COC(=O)CCCCCCCCCCCCCC(C)C)OC(=O)CCCCCCCCCCCCC(C)C. The minimum absolute atomic E-state index is 0.0647. The smallest absolute Gasteiger partial charge is 0.306 e. The van der Waals surface area contributed by atoms with Crippen LogP contribution in [0.2, 0.25) is 0 Å². The van der Waals surface area contributed by atoms with Gasteiger partial charge in [-0.25, -0.2) is 0 Å². The summed E-state index contributed by atoms with van der Waals surface area (Å²) in [6, 6.07) is 0. The van der Waals surface area contributed by atoms with Gasteiger partial charge in [0.25, 0.3) is 0 Å². The molecule has 0 rings (SSSR count). The zero-order valence-corrected chi connectivity index (χ0v) is 36.8. The Bertz CT molecular complexity index is 824. The highest BCUT2D eigenvalue weighted by molar-refractivity contribution is 5.71. The van der Waals surface area contributed by atoms with E-state index in [2.05, 4.69) is 34.6 Å². The molecular weight excluding hydrogens is 673 g/mol. The molecule has 0 radical (unpaired) electrons. The molecule has 0 N–H and O–H groups in total. The predicted molar refractivity (Wildman–Crippen MR) is 229 cm³/mol. The van der Waals surface area contributed by atoms with Gasteiger partial charge in [0, 0.05) is 19.3 Å². The van der Waals surface area contributed by atoms with E-state index in [0.29, 0.717) is 19.3 Å². The van der Waals surface area contributed by atoms with E-state index in [1.54, 1.807) is 0 Å². The van der Waals surface area contributed by atoms with E-state index in [-0.39, 0.29) is 31.1 Å². The monoisotopic (exact) mass is 765 g/mol. The molecule has 0 saturated heterocycles. The van der Waals surface area contributed by atoms with Gasteiger partial charge in [-0.05, 0) is 31.1 Å². The van der Waals surface area contributed by atoms with Gasteiger partial charge in [-0.3, -0.25) is 14.4 Å². The molecule has 0 heterocycles. The lowest BCUT2D eigenvalue weighted by Crippen LogP contribution is -2.30. The maximum atomic E-state index is 12.7. The van der Waals surface area contributed by atoms with Gasteiger partial charge in [-0.2, -0.15) is 0 Å². The van der Waals surface area contributed by atoms with Crippen molar-refractivity contribution in [2.24, 2.45) is 11.8 Å². The molecule has 0 saturated carbocycles. The van der Waals surface area contributed by atoms with Gasteiger partial charge in [0.05, 0.1) is 0 Å². The maximum absolute atomic E-state index is 12.7. The number of hydrogen-bond acceptors (Lipinski definition) is 6. The topological polar surface area (TPSA) is 78.9 Å². The molecular formula is C48H92O6. The first-order chi connectivity index (χ1) is 26.2. The third-order valence-electron chi connectivity index (χ3n) is 10.7. The standard InChI is InChI=1S/C48H92O6/c1-6-7-8-9-10-16-23-28-33-38-46(49)52-41-45(54-48(51)40-35-30-25-20-15-14-18-22-27-32-37-44(4)5)42-53-47(50)39-34-29-24-19-13-11-12-17-21-26-31-36-43(2)3/h43-45H,6-42H2,1-5H3/t45-/m1/s1. The lowest BCUT2D eigenvalue weighted by molar-refractivity contribution is -0.167. The normalized spacial score (nSPS) is 12.1. The zero-order chi connectivity index (χ0) is 39.7. The first kappa shape index (κ1) is 52.4. The van der Waals surface area contributed by atoms with Gasteiger partial charge in [0.15, 0.2) is 6.10 Å². The van der Waals surface area contributed by atoms with Crippen molar-refractivity contribution in [3.63, 3.8) is 0 Å². The van der Waals surface area contributed by atoms with Crippen molar-refractivity contribution in [3.05, 3.63) is 0 Å². The fourth-order valence-electron chi connectivity index (χ4n) is 7.11. The Labute approximate surface area is 336 Å². The van der Waals surface area contributed by atoms with Crippen LogP contribution in [0, 0.1) is 11.8 Å². The number of rotatable bonds is 42. The van der Waals surface area contributed by atoms with Gasteiger partial charge >= 0.3 is 17.9 Å². The first-order valence-electron chi connectivity index (χ1n) is 23.7. The van der Waals surface area contributed by atoms with Crippen molar-refractivity contribution in [3.8, 4) is 0 Å². The van der Waals surface area contributed by atoms with E-state index in [4.69, 9.17) is 14.2 Å². The Kier molecular flexibility index (Phi) is 39.8. The lowest BCUT2D eigenvalue weighted by atomic mass is 10.0. The summed E-state index contributed by atoms with van der Waals surface area (Å²) < 4.78 is 16.7. The lowest BCUT2D eigenvalue weighted by Gasteiger charge is -2.18. The highest BCUT2D eigenvalue weighted by atomic mass is 16.6. The van der Waals surface area contributed by atoms with Crippen LogP contribution >= 0.6 is 0 Å². The van der Waals surface area contributed by atoms with E-state index in [9.17, 15) is 14.4 Å². The molecule has 0 aromatic rings. The molecule has 1 atom stereocenters. The van der Waals surface area contributed by atoms with Gasteiger partial charge in [-0.1, -0.05) is 221 Å². The van der Waals surface area contributed by atoms with Crippen molar-refractivity contribution in [2.75, 3.05) is 13.2 Å². The van der Waals surface area contributed by atoms with Crippen LogP contribution in [0.1, 0.15) is 259 Å². The van der Waals surface area contributed by atoms with Crippen molar-refractivity contribution in [1.82, 2.24) is 0 Å². The summed E-state index contributed by atoms with van der Waals surface area (Å²) in [5.41, 5.74) is 0. The Balaban J connectivity index is 4.31. The average molecular weight is 765 g/mol. The van der Waals surface area contributed by atoms with Gasteiger partial charge in [0.1, 0.15) is 13.2 Å². The molecule has 6 nitrogen and oxygen atoms in total. The minimum atomic E-state index is -0.760. The molecule has 0 aliphatic heterocycles. The van der Waals surface area contributed by atoms with E-state index < -0.39 is 6.10 Å². The number of hydrogen-bond donors (Lipinski definition) is 0. The van der Waals surface area contributed by atoms with Crippen LogP contribution in [0.5, 0.6) is 0 Å². The van der Waals surface area contributed by atoms with Crippen molar-refractivity contribution in [1.29, 1.82) is 0 Å². The Hall–Kier alpha value is -1.59. The van der Waals surface area contributed by atoms with Gasteiger partial charge < -0.3 is 14.2 Å². The molecule has 6 heteroatoms. The summed E-state index contributed by atoms with van der Waals surface area (Å²) in [6.07, 6.45) is 39.4. The highest BCUT2D eigenvalue weighted by Gasteiger charge is 2.19. The molecule has 0 aliphatic carbocycles. The average Bonchev–Trinajstić information content (AvgIpc) is 3.14. The summed E-state index contributed by atoms with van der Waals surface area (Å²) in [7, 11) is 0. The number of ether oxygens (including phenoxy) is 3. The highest BCUT2D eigenvalue weighted by Crippen LogP contribution is 2.17. The quantitative estimate of drug-likeness (QED) is 0.0350. The number of esters is 3. The largest absolute Gasteiger partial charge is 0.462 e. The number of carbonyl (C=O) groups is 3. The van der Waals surface area contributed by atoms with E-state index in [1.165, 1.54) is 148 Å². The van der Waals surface area contributed by atoms with Crippen LogP contribution < -0.4 is 0 Å². The van der Waals surface area contributed by atoms with Crippen LogP contribution in [-0.4, -0.2) is 37.2 Å². The second-order valence-corrected chi connectivity index (χ2v) is 17.3. The van der Waals surface area contributed by atoms with Crippen molar-refractivity contribution in [2.45, 2.75) is 265 Å². The van der Waals surface area contributed by atoms with Crippen LogP contribution in [-0.2, 0) is 28.6 Å². The van der Waals surface area contributed by atoms with Crippen molar-refractivity contribution < 1.29 is 28.6 Å². The maximum Gasteiger partial charge on any atom is 0.306 e. The molecule has 0 aromatic carbocycles. The first-order valence-corrected chi connectivity index (χ1v) is 23.7. The van der Waals surface area contributed by atoms with Crippen LogP contribution in [0.3, 0.4) is 0 Å². The summed E-state index contributed by atoms with van der Waals surface area (Å²) in [4.78, 5) is 37.7. The molecule has 54 heavy (non-hydrogen) atoms. The van der Waals surface area contributed by atoms with Crippen molar-refractivity contribution >= 4 is 17.9 Å².